The highest BCUT2D eigenvalue weighted by atomic mass is 35.5. The Labute approximate surface area is 341 Å². The number of anilines is 2. The molecule has 6 aromatic rings. The molecule has 6 heterocycles. The first kappa shape index (κ1) is 40.7. The average Bonchev–Trinajstić information content (AvgIpc) is 3.84. The molecule has 2 saturated carbocycles. The molecule has 15 nitrogen and oxygen atoms in total. The number of carbonyl (C=O) groups is 2. The van der Waals surface area contributed by atoms with Crippen LogP contribution in [0.5, 0.6) is 0 Å². The Bertz CT molecular complexity index is 2410. The Morgan fingerprint density at radius 3 is 1.78 bits per heavy atom. The zero-order valence-electron chi connectivity index (χ0n) is 31.4. The minimum absolute atomic E-state index is 0.00979. The molecule has 2 aliphatic rings. The summed E-state index contributed by atoms with van der Waals surface area (Å²) in [6.07, 6.45) is 14.6. The van der Waals surface area contributed by atoms with E-state index < -0.39 is 23.5 Å². The highest BCUT2D eigenvalue weighted by Crippen LogP contribution is 2.32. The van der Waals surface area contributed by atoms with Crippen molar-refractivity contribution in [3.63, 3.8) is 0 Å². The Hall–Kier alpha value is -5.52. The van der Waals surface area contributed by atoms with Crippen molar-refractivity contribution in [2.24, 2.45) is 11.8 Å². The van der Waals surface area contributed by atoms with Crippen LogP contribution in [-0.2, 0) is 14.3 Å². The number of ether oxygens (including phenoxy) is 1. The number of nitrogens with zero attached hydrogens (tertiary/aromatic N) is 6. The van der Waals surface area contributed by atoms with Crippen LogP contribution >= 0.6 is 23.2 Å². The summed E-state index contributed by atoms with van der Waals surface area (Å²) in [6, 6.07) is 3.32. The van der Waals surface area contributed by atoms with E-state index in [9.17, 15) is 23.5 Å². The second-order valence-corrected chi connectivity index (χ2v) is 15.2. The summed E-state index contributed by atoms with van der Waals surface area (Å²) < 4.78 is 33.7. The van der Waals surface area contributed by atoms with Crippen molar-refractivity contribution in [2.75, 3.05) is 30.9 Å². The number of carboxylic acids is 1. The molecule has 1 amide bonds. The Morgan fingerprint density at radius 1 is 0.776 bits per heavy atom. The van der Waals surface area contributed by atoms with Crippen LogP contribution in [0.1, 0.15) is 51.4 Å². The molecule has 0 bridgehead atoms. The van der Waals surface area contributed by atoms with Gasteiger partial charge in [0, 0.05) is 78.3 Å². The van der Waals surface area contributed by atoms with Crippen molar-refractivity contribution >= 4 is 68.8 Å². The third kappa shape index (κ3) is 9.60. The summed E-state index contributed by atoms with van der Waals surface area (Å²) in [5.41, 5.74) is 2.63. The van der Waals surface area contributed by atoms with Crippen molar-refractivity contribution in [1.29, 1.82) is 0 Å². The van der Waals surface area contributed by atoms with Gasteiger partial charge in [0.25, 0.3) is 0 Å². The van der Waals surface area contributed by atoms with Gasteiger partial charge in [0.1, 0.15) is 11.3 Å². The highest BCUT2D eigenvalue weighted by Gasteiger charge is 2.29. The maximum Gasteiger partial charge on any atom is 0.306 e. The van der Waals surface area contributed by atoms with Gasteiger partial charge in [0.15, 0.2) is 34.9 Å². The number of fused-ring (bicyclic) bond motifs is 2. The second-order valence-electron chi connectivity index (χ2n) is 14.3. The van der Waals surface area contributed by atoms with Gasteiger partial charge in [-0.05, 0) is 50.7 Å². The molecule has 0 aliphatic heterocycles. The van der Waals surface area contributed by atoms with Gasteiger partial charge >= 0.3 is 5.97 Å². The van der Waals surface area contributed by atoms with Gasteiger partial charge < -0.3 is 35.8 Å². The summed E-state index contributed by atoms with van der Waals surface area (Å²) in [7, 11) is 1.60. The molecule has 0 unspecified atom stereocenters. The van der Waals surface area contributed by atoms with Gasteiger partial charge in [0.2, 0.25) is 5.91 Å². The standard InChI is InChI=1S/C21H24ClFN6O2.C18H17ClFN5O2/c1-31-6-5-24-21(30)12-3-2-4-14(7-12)28-20-17(23)11-27-19(29-20)16-10-26-18-15(16)8-13(22)9-25-18;19-10-5-12-13(7-22-15(12)21-6-10)16-23-8-14(20)17(25-16)24-11-3-1-2-9(4-11)18(26)27/h8-12,14H,2-7H2,1H3,(H,24,30)(H,25,26)(H,27,28,29);5-9,11H,1-4H2,(H,21,22)(H,26,27)(H,23,24,25)/t12-,14+;9-,11+/m11/s1. The number of hydrogen-bond acceptors (Lipinski definition) is 11. The van der Waals surface area contributed by atoms with E-state index in [1.54, 1.807) is 37.8 Å². The lowest BCUT2D eigenvalue weighted by atomic mass is 9.85. The summed E-state index contributed by atoms with van der Waals surface area (Å²) in [6.45, 7) is 0.959. The molecule has 0 aromatic carbocycles. The molecule has 4 atom stereocenters. The zero-order valence-corrected chi connectivity index (χ0v) is 32.9. The molecular formula is C39H41Cl2F2N11O4. The van der Waals surface area contributed by atoms with Gasteiger partial charge in [-0.2, -0.15) is 0 Å². The average molecular weight is 837 g/mol. The number of halogens is 4. The van der Waals surface area contributed by atoms with Crippen molar-refractivity contribution in [3.05, 3.63) is 71.0 Å². The minimum atomic E-state index is -0.812. The van der Waals surface area contributed by atoms with E-state index in [1.807, 2.05) is 0 Å². The first-order valence-electron chi connectivity index (χ1n) is 18.9. The fraction of sp³-hybridized carbons (Fsp3) is 0.385. The van der Waals surface area contributed by atoms with Gasteiger partial charge in [-0.3, -0.25) is 9.59 Å². The SMILES string of the molecule is COCCNC(=O)[C@@H]1CCC[C@H](Nc2nc(-c3c[nH]c4ncc(Cl)cc34)ncc2F)C1.O=C(O)[C@@H]1CCC[C@H](Nc2nc(-c3c[nH]c4ncc(Cl)cc34)ncc2F)C1. The van der Waals surface area contributed by atoms with Crippen molar-refractivity contribution in [3.8, 4) is 22.8 Å². The predicted molar refractivity (Wildman–Crippen MR) is 215 cm³/mol. The molecule has 2 aliphatic carbocycles. The smallest absolute Gasteiger partial charge is 0.306 e. The number of hydrogen-bond donors (Lipinski definition) is 6. The number of methoxy groups -OCH3 is 1. The number of aliphatic carboxylic acids is 1. The third-order valence-corrected chi connectivity index (χ3v) is 10.7. The molecule has 2 fully saturated rings. The first-order valence-corrected chi connectivity index (χ1v) is 19.7. The Morgan fingerprint density at radius 2 is 1.28 bits per heavy atom. The van der Waals surface area contributed by atoms with E-state index in [0.29, 0.717) is 76.5 Å². The Balaban J connectivity index is 0.000000178. The lowest BCUT2D eigenvalue weighted by molar-refractivity contribution is -0.142. The number of H-pyrrole nitrogens is 2. The number of carbonyl (C=O) groups excluding carboxylic acids is 1. The van der Waals surface area contributed by atoms with E-state index in [1.165, 1.54) is 6.20 Å². The maximum atomic E-state index is 14.5. The molecule has 0 saturated heterocycles. The van der Waals surface area contributed by atoms with Gasteiger partial charge in [0.05, 0.1) is 35.0 Å². The molecule has 304 valence electrons. The van der Waals surface area contributed by atoms with E-state index in [-0.39, 0.29) is 35.5 Å². The number of nitrogens with one attached hydrogen (secondary N) is 5. The van der Waals surface area contributed by atoms with Gasteiger partial charge in [-0.15, -0.1) is 0 Å². The molecule has 8 rings (SSSR count). The lowest BCUT2D eigenvalue weighted by Gasteiger charge is -2.29. The summed E-state index contributed by atoms with van der Waals surface area (Å²) in [5.74, 6) is -1.55. The quantitative estimate of drug-likeness (QED) is 0.0705. The number of amides is 1. The van der Waals surface area contributed by atoms with E-state index in [0.717, 1.165) is 55.3 Å². The number of aromatic nitrogens is 8. The highest BCUT2D eigenvalue weighted by molar-refractivity contribution is 6.31. The van der Waals surface area contributed by atoms with Crippen LogP contribution < -0.4 is 16.0 Å². The molecule has 0 spiro atoms. The van der Waals surface area contributed by atoms with E-state index >= 15 is 0 Å². The largest absolute Gasteiger partial charge is 0.481 e. The van der Waals surface area contributed by atoms with Crippen LogP contribution in [0.3, 0.4) is 0 Å². The van der Waals surface area contributed by atoms with Crippen LogP contribution in [0.4, 0.5) is 20.4 Å². The summed E-state index contributed by atoms with van der Waals surface area (Å²) in [5, 5.41) is 20.8. The molecule has 6 aromatic heterocycles. The minimum Gasteiger partial charge on any atom is -0.481 e. The number of carboxylic acid groups (broad SMARTS) is 1. The van der Waals surface area contributed by atoms with Gasteiger partial charge in [-0.1, -0.05) is 36.0 Å². The fourth-order valence-electron chi connectivity index (χ4n) is 7.43. The normalized spacial score (nSPS) is 19.3. The molecule has 6 N–H and O–H groups in total. The van der Waals surface area contributed by atoms with Crippen LogP contribution in [0, 0.1) is 23.5 Å². The van der Waals surface area contributed by atoms with E-state index in [4.69, 9.17) is 27.9 Å². The predicted octanol–water partition coefficient (Wildman–Crippen LogP) is 7.41. The second kappa shape index (κ2) is 18.4. The number of pyridine rings is 2. The number of rotatable bonds is 11. The zero-order chi connectivity index (χ0) is 40.8. The van der Waals surface area contributed by atoms with Crippen molar-refractivity contribution in [1.82, 2.24) is 45.2 Å². The van der Waals surface area contributed by atoms with Crippen LogP contribution in [0.15, 0.2) is 49.3 Å². The maximum absolute atomic E-state index is 14.5. The lowest BCUT2D eigenvalue weighted by Crippen LogP contribution is -2.38. The van der Waals surface area contributed by atoms with Crippen LogP contribution in [-0.4, -0.2) is 89.2 Å². The topological polar surface area (TPSA) is 209 Å². The molecule has 58 heavy (non-hydrogen) atoms. The fourth-order valence-corrected chi connectivity index (χ4v) is 7.75. The molecular weight excluding hydrogens is 795 g/mol. The monoisotopic (exact) mass is 835 g/mol. The third-order valence-electron chi connectivity index (χ3n) is 10.3. The van der Waals surface area contributed by atoms with Crippen LogP contribution in [0.25, 0.3) is 44.8 Å². The van der Waals surface area contributed by atoms with E-state index in [2.05, 4.69) is 55.8 Å². The van der Waals surface area contributed by atoms with Crippen molar-refractivity contribution in [2.45, 2.75) is 63.5 Å². The molecule has 0 radical (unpaired) electrons. The number of aromatic amines is 2. The van der Waals surface area contributed by atoms with Gasteiger partial charge in [-0.25, -0.2) is 38.7 Å². The van der Waals surface area contributed by atoms with Crippen LogP contribution in [0.2, 0.25) is 10.0 Å². The summed E-state index contributed by atoms with van der Waals surface area (Å²) in [4.78, 5) is 55.1. The van der Waals surface area contributed by atoms with Crippen molar-refractivity contribution < 1.29 is 28.2 Å². The first-order chi connectivity index (χ1) is 28.1. The summed E-state index contributed by atoms with van der Waals surface area (Å²) >= 11 is 12.1. The molecule has 19 heteroatoms. The Kier molecular flexibility index (Phi) is 12.9.